The van der Waals surface area contributed by atoms with Crippen LogP contribution in [0.4, 0.5) is 0 Å². The van der Waals surface area contributed by atoms with Crippen LogP contribution in [0.5, 0.6) is 11.5 Å². The fourth-order valence-electron chi connectivity index (χ4n) is 2.12. The molecule has 1 aromatic carbocycles. The Morgan fingerprint density at radius 2 is 1.96 bits per heavy atom. The molecule has 1 N–H and O–H groups in total. The zero-order valence-electron chi connectivity index (χ0n) is 14.9. The van der Waals surface area contributed by atoms with Crippen LogP contribution < -0.4 is 14.8 Å². The highest BCUT2D eigenvalue weighted by Gasteiger charge is 2.17. The van der Waals surface area contributed by atoms with Gasteiger partial charge in [0.05, 0.1) is 31.0 Å². The third-order valence-corrected chi connectivity index (χ3v) is 3.48. The summed E-state index contributed by atoms with van der Waals surface area (Å²) in [5.41, 5.74) is 0.383. The Labute approximate surface area is 142 Å². The summed E-state index contributed by atoms with van der Waals surface area (Å²) in [6, 6.07) is 7.43. The molecule has 0 aliphatic heterocycles. The van der Waals surface area contributed by atoms with Crippen molar-refractivity contribution in [2.45, 2.75) is 39.3 Å². The number of rotatable bonds is 6. The Hall–Kier alpha value is -2.50. The minimum Gasteiger partial charge on any atom is -0.493 e. The van der Waals surface area contributed by atoms with Gasteiger partial charge in [-0.2, -0.15) is 5.10 Å². The van der Waals surface area contributed by atoms with Crippen LogP contribution >= 0.6 is 0 Å². The van der Waals surface area contributed by atoms with Gasteiger partial charge in [-0.15, -0.1) is 0 Å². The molecule has 2 aromatic rings. The van der Waals surface area contributed by atoms with E-state index in [1.54, 1.807) is 24.2 Å². The Kier molecular flexibility index (Phi) is 5.49. The summed E-state index contributed by atoms with van der Waals surface area (Å²) in [6.45, 7) is 8.38. The van der Waals surface area contributed by atoms with Crippen molar-refractivity contribution < 1.29 is 14.3 Å². The Morgan fingerprint density at radius 1 is 1.29 bits per heavy atom. The van der Waals surface area contributed by atoms with Gasteiger partial charge in [-0.05, 0) is 39.8 Å². The summed E-state index contributed by atoms with van der Waals surface area (Å²) >= 11 is 0. The predicted octanol–water partition coefficient (Wildman–Crippen LogP) is 2.84. The smallest absolute Gasteiger partial charge is 0.254 e. The van der Waals surface area contributed by atoms with Gasteiger partial charge >= 0.3 is 0 Å². The molecule has 6 nitrogen and oxygen atoms in total. The van der Waals surface area contributed by atoms with E-state index in [9.17, 15) is 4.79 Å². The molecule has 0 aliphatic carbocycles. The summed E-state index contributed by atoms with van der Waals surface area (Å²) in [5, 5.41) is 7.10. The summed E-state index contributed by atoms with van der Waals surface area (Å²) in [7, 11) is 1.60. The van der Waals surface area contributed by atoms with Gasteiger partial charge in [0.1, 0.15) is 6.10 Å². The molecule has 1 amide bonds. The van der Waals surface area contributed by atoms with Crippen molar-refractivity contribution in [3.05, 3.63) is 42.2 Å². The molecular formula is C18H25N3O3. The molecule has 0 radical (unpaired) electrons. The fraction of sp³-hybridized carbons (Fsp3) is 0.444. The maximum absolute atomic E-state index is 12.2. The van der Waals surface area contributed by atoms with Gasteiger partial charge in [0, 0.05) is 6.20 Å². The number of hydrogen-bond acceptors (Lipinski definition) is 4. The number of carbonyl (C=O) groups is 1. The molecule has 0 spiro atoms. The van der Waals surface area contributed by atoms with Crippen LogP contribution in [-0.2, 0) is 5.54 Å². The number of nitrogens with zero attached hydrogens (tertiary/aromatic N) is 2. The van der Waals surface area contributed by atoms with E-state index in [1.807, 2.05) is 52.0 Å². The van der Waals surface area contributed by atoms with E-state index >= 15 is 0 Å². The van der Waals surface area contributed by atoms with E-state index in [4.69, 9.17) is 9.47 Å². The SMILES string of the molecule is COc1ccccc1O[C@H](C)CNC(=O)c1cnn(C(C)(C)C)c1. The van der Waals surface area contributed by atoms with Crippen molar-refractivity contribution in [1.82, 2.24) is 15.1 Å². The standard InChI is InChI=1S/C18H25N3O3/c1-13(24-16-9-7-6-8-15(16)23-5)10-19-17(22)14-11-20-21(12-14)18(2,3)4/h6-9,11-13H,10H2,1-5H3,(H,19,22)/t13-/m1/s1. The van der Waals surface area contributed by atoms with E-state index in [2.05, 4.69) is 10.4 Å². The highest BCUT2D eigenvalue weighted by Crippen LogP contribution is 2.26. The molecule has 1 atom stereocenters. The normalized spacial score (nSPS) is 12.5. The second-order valence-corrected chi connectivity index (χ2v) is 6.63. The number of amides is 1. The number of methoxy groups -OCH3 is 1. The molecule has 130 valence electrons. The summed E-state index contributed by atoms with van der Waals surface area (Å²) in [5.74, 6) is 1.16. The quantitative estimate of drug-likeness (QED) is 0.884. The predicted molar refractivity (Wildman–Crippen MR) is 92.6 cm³/mol. The second-order valence-electron chi connectivity index (χ2n) is 6.63. The zero-order valence-corrected chi connectivity index (χ0v) is 14.9. The molecule has 0 aliphatic rings. The lowest BCUT2D eigenvalue weighted by Crippen LogP contribution is -2.33. The van der Waals surface area contributed by atoms with Crippen LogP contribution in [0.1, 0.15) is 38.1 Å². The van der Waals surface area contributed by atoms with Crippen LogP contribution in [0.15, 0.2) is 36.7 Å². The van der Waals surface area contributed by atoms with Gasteiger partial charge in [-0.3, -0.25) is 9.48 Å². The largest absolute Gasteiger partial charge is 0.493 e. The number of carbonyl (C=O) groups excluding carboxylic acids is 1. The first kappa shape index (κ1) is 17.8. The molecule has 1 heterocycles. The monoisotopic (exact) mass is 331 g/mol. The van der Waals surface area contributed by atoms with E-state index in [1.165, 1.54) is 0 Å². The average molecular weight is 331 g/mol. The molecule has 0 bridgehead atoms. The Balaban J connectivity index is 1.90. The summed E-state index contributed by atoms with van der Waals surface area (Å²) in [4.78, 5) is 12.2. The van der Waals surface area contributed by atoms with E-state index in [0.717, 1.165) is 0 Å². The van der Waals surface area contributed by atoms with Gasteiger partial charge in [0.15, 0.2) is 11.5 Å². The maximum Gasteiger partial charge on any atom is 0.254 e. The number of nitrogens with one attached hydrogen (secondary N) is 1. The molecule has 0 unspecified atom stereocenters. The number of ether oxygens (including phenoxy) is 2. The maximum atomic E-state index is 12.2. The minimum absolute atomic E-state index is 0.154. The lowest BCUT2D eigenvalue weighted by Gasteiger charge is -2.18. The lowest BCUT2D eigenvalue weighted by atomic mass is 10.1. The molecule has 0 fully saturated rings. The highest BCUT2D eigenvalue weighted by atomic mass is 16.5. The average Bonchev–Trinajstić information content (AvgIpc) is 3.03. The number of para-hydroxylation sites is 2. The van der Waals surface area contributed by atoms with Crippen molar-refractivity contribution in [3.8, 4) is 11.5 Å². The molecule has 2 rings (SSSR count). The summed E-state index contributed by atoms with van der Waals surface area (Å²) in [6.07, 6.45) is 3.14. The van der Waals surface area contributed by atoms with Crippen molar-refractivity contribution >= 4 is 5.91 Å². The van der Waals surface area contributed by atoms with E-state index in [0.29, 0.717) is 23.6 Å². The van der Waals surface area contributed by atoms with Crippen LogP contribution in [0.3, 0.4) is 0 Å². The van der Waals surface area contributed by atoms with Crippen molar-refractivity contribution in [3.63, 3.8) is 0 Å². The van der Waals surface area contributed by atoms with E-state index in [-0.39, 0.29) is 17.6 Å². The third kappa shape index (κ3) is 4.50. The first-order chi connectivity index (χ1) is 11.3. The van der Waals surface area contributed by atoms with Gasteiger partial charge in [0.25, 0.3) is 5.91 Å². The van der Waals surface area contributed by atoms with Crippen LogP contribution in [-0.4, -0.2) is 35.4 Å². The van der Waals surface area contributed by atoms with Crippen LogP contribution in [0.25, 0.3) is 0 Å². The first-order valence-corrected chi connectivity index (χ1v) is 7.94. The minimum atomic E-state index is -0.192. The third-order valence-electron chi connectivity index (χ3n) is 3.48. The number of hydrogen-bond donors (Lipinski definition) is 1. The number of aromatic nitrogens is 2. The van der Waals surface area contributed by atoms with Crippen molar-refractivity contribution in [1.29, 1.82) is 0 Å². The Bertz CT molecular complexity index is 689. The fourth-order valence-corrected chi connectivity index (χ4v) is 2.12. The van der Waals surface area contributed by atoms with Gasteiger partial charge in [-0.1, -0.05) is 12.1 Å². The van der Waals surface area contributed by atoms with Crippen molar-refractivity contribution in [2.24, 2.45) is 0 Å². The molecule has 6 heteroatoms. The van der Waals surface area contributed by atoms with Crippen LogP contribution in [0, 0.1) is 0 Å². The molecule has 0 saturated carbocycles. The first-order valence-electron chi connectivity index (χ1n) is 7.94. The lowest BCUT2D eigenvalue weighted by molar-refractivity contribution is 0.0931. The molecule has 1 aromatic heterocycles. The molecule has 0 saturated heterocycles. The zero-order chi connectivity index (χ0) is 17.7. The van der Waals surface area contributed by atoms with E-state index < -0.39 is 0 Å². The topological polar surface area (TPSA) is 65.4 Å². The van der Waals surface area contributed by atoms with Crippen molar-refractivity contribution in [2.75, 3.05) is 13.7 Å². The molecular weight excluding hydrogens is 306 g/mol. The van der Waals surface area contributed by atoms with Crippen LogP contribution in [0.2, 0.25) is 0 Å². The Morgan fingerprint density at radius 3 is 2.54 bits per heavy atom. The van der Waals surface area contributed by atoms with Gasteiger partial charge in [0.2, 0.25) is 0 Å². The summed E-state index contributed by atoms with van der Waals surface area (Å²) < 4.78 is 12.8. The second kappa shape index (κ2) is 7.38. The van der Waals surface area contributed by atoms with Gasteiger partial charge in [-0.25, -0.2) is 0 Å². The van der Waals surface area contributed by atoms with Gasteiger partial charge < -0.3 is 14.8 Å². The highest BCUT2D eigenvalue weighted by molar-refractivity contribution is 5.93. The molecule has 24 heavy (non-hydrogen) atoms. The number of benzene rings is 1.